The van der Waals surface area contributed by atoms with Crippen molar-refractivity contribution in [2.24, 2.45) is 5.92 Å². The highest BCUT2D eigenvalue weighted by atomic mass is 16.2. The van der Waals surface area contributed by atoms with E-state index in [9.17, 15) is 9.59 Å². The molecule has 2 aromatic heterocycles. The summed E-state index contributed by atoms with van der Waals surface area (Å²) in [6.07, 6.45) is 6.45. The van der Waals surface area contributed by atoms with Crippen molar-refractivity contribution >= 4 is 23.3 Å². The number of carbonyl (C=O) groups excluding carboxylic acids is 2. The van der Waals surface area contributed by atoms with Crippen molar-refractivity contribution < 1.29 is 9.59 Å². The third-order valence-electron chi connectivity index (χ3n) is 8.13. The van der Waals surface area contributed by atoms with Gasteiger partial charge < -0.3 is 10.6 Å². The number of hydrogen-bond acceptors (Lipinski definition) is 5. The van der Waals surface area contributed by atoms with Gasteiger partial charge in [-0.3, -0.25) is 15.1 Å². The molecule has 2 amide bonds. The molecule has 5 rings (SSSR count). The highest BCUT2D eigenvalue weighted by Crippen LogP contribution is 2.37. The van der Waals surface area contributed by atoms with Gasteiger partial charge in [0.25, 0.3) is 0 Å². The zero-order valence-electron chi connectivity index (χ0n) is 25.6. The lowest BCUT2D eigenvalue weighted by molar-refractivity contribution is -0.121. The molecule has 1 atom stereocenters. The molecule has 0 radical (unpaired) electrons. The van der Waals surface area contributed by atoms with Crippen molar-refractivity contribution in [2.45, 2.75) is 64.7 Å². The number of aromatic nitrogens is 3. The fraction of sp³-hybridized carbons (Fsp3) is 0.371. The molecule has 8 nitrogen and oxygen atoms in total. The number of nitrogens with one attached hydrogen (secondary N) is 3. The monoisotopic (exact) mass is 578 g/mol. The van der Waals surface area contributed by atoms with E-state index in [0.717, 1.165) is 54.0 Å². The van der Waals surface area contributed by atoms with E-state index in [2.05, 4.69) is 41.7 Å². The first kappa shape index (κ1) is 30.2. The van der Waals surface area contributed by atoms with Crippen molar-refractivity contribution in [2.75, 3.05) is 23.7 Å². The number of nitrogens with zero attached hydrogens (tertiary/aromatic N) is 3. The van der Waals surface area contributed by atoms with E-state index in [-0.39, 0.29) is 29.1 Å². The molecular formula is C35H42N6O2. The third-order valence-corrected chi connectivity index (χ3v) is 8.13. The summed E-state index contributed by atoms with van der Waals surface area (Å²) in [4.78, 5) is 31.6. The standard InChI is InChI=1S/C35H42N6O2/c1-24-11-14-27(15-12-24)41-32(22-31(40-41)35(2,3)4)39-34(43)38-29-10-6-5-9-28(29)33(26-17-20-36-21-18-26)30(42)16-13-25-8-7-19-37-23-25/h5-12,14-15,19,22-23,26,33,36H,13,16-18,20-21H2,1-4H3,(H2,38,39,43). The van der Waals surface area contributed by atoms with Crippen LogP contribution < -0.4 is 16.0 Å². The average molecular weight is 579 g/mol. The Morgan fingerprint density at radius 1 is 1.00 bits per heavy atom. The van der Waals surface area contributed by atoms with Gasteiger partial charge in [0, 0.05) is 41.9 Å². The molecule has 4 aromatic rings. The SMILES string of the molecule is Cc1ccc(-n2nc(C(C)(C)C)cc2NC(=O)Nc2ccccc2C(C(=O)CCc2cccnc2)C2CCNCC2)cc1. The summed E-state index contributed by atoms with van der Waals surface area (Å²) in [6, 6.07) is 21.2. The number of Topliss-reactive ketones (excluding diaryl/α,β-unsaturated/α-hetero) is 1. The Balaban J connectivity index is 1.40. The fourth-order valence-corrected chi connectivity index (χ4v) is 5.71. The molecule has 224 valence electrons. The van der Waals surface area contributed by atoms with Gasteiger partial charge in [0.15, 0.2) is 0 Å². The summed E-state index contributed by atoms with van der Waals surface area (Å²) >= 11 is 0. The number of hydrogen-bond donors (Lipinski definition) is 3. The van der Waals surface area contributed by atoms with Crippen molar-refractivity contribution in [3.63, 3.8) is 0 Å². The lowest BCUT2D eigenvalue weighted by Gasteiger charge is -2.31. The minimum absolute atomic E-state index is 0.192. The number of amides is 2. The van der Waals surface area contributed by atoms with Crippen LogP contribution in [0.1, 0.15) is 68.3 Å². The number of para-hydroxylation sites is 1. The van der Waals surface area contributed by atoms with Crippen LogP contribution in [0.2, 0.25) is 0 Å². The first-order valence-electron chi connectivity index (χ1n) is 15.2. The highest BCUT2D eigenvalue weighted by molar-refractivity contribution is 6.01. The van der Waals surface area contributed by atoms with E-state index in [4.69, 9.17) is 5.10 Å². The van der Waals surface area contributed by atoms with Gasteiger partial charge in [-0.05, 0) is 80.6 Å². The van der Waals surface area contributed by atoms with E-state index >= 15 is 0 Å². The summed E-state index contributed by atoms with van der Waals surface area (Å²) in [6.45, 7) is 10.1. The Morgan fingerprint density at radius 2 is 1.74 bits per heavy atom. The molecule has 1 aliphatic rings. The minimum Gasteiger partial charge on any atom is -0.317 e. The number of aryl methyl sites for hydroxylation is 2. The number of carbonyl (C=O) groups is 2. The van der Waals surface area contributed by atoms with Gasteiger partial charge in [-0.15, -0.1) is 0 Å². The van der Waals surface area contributed by atoms with E-state index < -0.39 is 0 Å². The maximum atomic E-state index is 13.9. The van der Waals surface area contributed by atoms with Crippen LogP contribution in [-0.4, -0.2) is 39.7 Å². The number of pyridine rings is 1. The molecule has 8 heteroatoms. The van der Waals surface area contributed by atoms with Gasteiger partial charge in [0.1, 0.15) is 11.6 Å². The zero-order chi connectivity index (χ0) is 30.4. The van der Waals surface area contributed by atoms with Gasteiger partial charge in [-0.25, -0.2) is 9.48 Å². The Bertz CT molecular complexity index is 1530. The quantitative estimate of drug-likeness (QED) is 0.203. The number of urea groups is 1. The molecule has 3 heterocycles. The first-order chi connectivity index (χ1) is 20.7. The van der Waals surface area contributed by atoms with Gasteiger partial charge in [0.2, 0.25) is 0 Å². The van der Waals surface area contributed by atoms with E-state index in [1.54, 1.807) is 10.9 Å². The van der Waals surface area contributed by atoms with E-state index in [1.165, 1.54) is 0 Å². The lowest BCUT2D eigenvalue weighted by atomic mass is 9.76. The largest absolute Gasteiger partial charge is 0.324 e. The van der Waals surface area contributed by atoms with Crippen LogP contribution in [-0.2, 0) is 16.6 Å². The van der Waals surface area contributed by atoms with Crippen LogP contribution in [0, 0.1) is 12.8 Å². The van der Waals surface area contributed by atoms with Gasteiger partial charge in [-0.2, -0.15) is 5.10 Å². The molecule has 1 fully saturated rings. The van der Waals surface area contributed by atoms with Crippen molar-refractivity contribution in [3.05, 3.63) is 102 Å². The van der Waals surface area contributed by atoms with E-state index in [0.29, 0.717) is 24.3 Å². The average Bonchev–Trinajstić information content (AvgIpc) is 3.43. The van der Waals surface area contributed by atoms with Crippen molar-refractivity contribution in [1.82, 2.24) is 20.1 Å². The maximum absolute atomic E-state index is 13.9. The zero-order valence-corrected chi connectivity index (χ0v) is 25.6. The van der Waals surface area contributed by atoms with Crippen LogP contribution >= 0.6 is 0 Å². The Labute approximate surface area is 254 Å². The number of benzene rings is 2. The number of anilines is 2. The normalized spacial score (nSPS) is 14.7. The molecule has 1 aliphatic heterocycles. The summed E-state index contributed by atoms with van der Waals surface area (Å²) < 4.78 is 1.77. The topological polar surface area (TPSA) is 101 Å². The van der Waals surface area contributed by atoms with Crippen LogP contribution in [0.4, 0.5) is 16.3 Å². The lowest BCUT2D eigenvalue weighted by Crippen LogP contribution is -2.34. The third kappa shape index (κ3) is 7.56. The second-order valence-corrected chi connectivity index (χ2v) is 12.5. The molecule has 0 spiro atoms. The van der Waals surface area contributed by atoms with E-state index in [1.807, 2.05) is 79.9 Å². The van der Waals surface area contributed by atoms with Crippen LogP contribution in [0.3, 0.4) is 0 Å². The summed E-state index contributed by atoms with van der Waals surface area (Å²) in [7, 11) is 0. The van der Waals surface area contributed by atoms with Crippen molar-refractivity contribution in [3.8, 4) is 5.69 Å². The Morgan fingerprint density at radius 3 is 2.44 bits per heavy atom. The van der Waals surface area contributed by atoms with Crippen LogP contribution in [0.5, 0.6) is 0 Å². The van der Waals surface area contributed by atoms with Gasteiger partial charge in [0.05, 0.1) is 11.4 Å². The molecule has 3 N–H and O–H groups in total. The smallest absolute Gasteiger partial charge is 0.317 e. The number of rotatable bonds is 9. The second kappa shape index (κ2) is 13.3. The Kier molecular flexibility index (Phi) is 9.36. The van der Waals surface area contributed by atoms with Crippen molar-refractivity contribution in [1.29, 1.82) is 0 Å². The molecular weight excluding hydrogens is 536 g/mol. The van der Waals surface area contributed by atoms with Gasteiger partial charge >= 0.3 is 6.03 Å². The summed E-state index contributed by atoms with van der Waals surface area (Å²) in [5, 5.41) is 14.4. The molecule has 0 aliphatic carbocycles. The molecule has 2 aromatic carbocycles. The predicted molar refractivity (Wildman–Crippen MR) is 172 cm³/mol. The summed E-state index contributed by atoms with van der Waals surface area (Å²) in [5.41, 5.74) is 5.24. The highest BCUT2D eigenvalue weighted by Gasteiger charge is 2.32. The first-order valence-corrected chi connectivity index (χ1v) is 15.2. The molecule has 0 saturated carbocycles. The van der Waals surface area contributed by atoms with Gasteiger partial charge in [-0.1, -0.05) is 62.7 Å². The summed E-state index contributed by atoms with van der Waals surface area (Å²) in [5.74, 6) is 0.663. The predicted octanol–water partition coefficient (Wildman–Crippen LogP) is 6.80. The molecule has 0 bridgehead atoms. The maximum Gasteiger partial charge on any atom is 0.324 e. The molecule has 1 unspecified atom stereocenters. The van der Waals surface area contributed by atoms with Crippen LogP contribution in [0.25, 0.3) is 5.69 Å². The number of ketones is 1. The molecule has 43 heavy (non-hydrogen) atoms. The fourth-order valence-electron chi connectivity index (χ4n) is 5.71. The number of piperidine rings is 1. The van der Waals surface area contributed by atoms with Crippen LogP contribution in [0.15, 0.2) is 79.1 Å². The Hall–Kier alpha value is -4.30. The second-order valence-electron chi connectivity index (χ2n) is 12.5. The minimum atomic E-state index is -0.381. The molecule has 1 saturated heterocycles.